The topological polar surface area (TPSA) is 0 Å². The van der Waals surface area contributed by atoms with Gasteiger partial charge in [-0.25, -0.2) is 0 Å². The molecule has 0 amide bonds. The predicted molar refractivity (Wildman–Crippen MR) is 72.9 cm³/mol. The summed E-state index contributed by atoms with van der Waals surface area (Å²) in [7, 11) is 0. The second kappa shape index (κ2) is 5.20. The normalized spacial score (nSPS) is 12.7. The Balaban J connectivity index is 2.77. The molecule has 1 rings (SSSR count). The van der Waals surface area contributed by atoms with Crippen molar-refractivity contribution in [2.24, 2.45) is 0 Å². The number of rotatable bonds is 3. The third-order valence-corrected chi connectivity index (χ3v) is 5.71. The van der Waals surface area contributed by atoms with Crippen LogP contribution in [0.5, 0.6) is 0 Å². The van der Waals surface area contributed by atoms with Gasteiger partial charge in [0, 0.05) is 0 Å². The predicted octanol–water partition coefficient (Wildman–Crippen LogP) is 4.70. The van der Waals surface area contributed by atoms with Gasteiger partial charge in [-0.2, -0.15) is 0 Å². The van der Waals surface area contributed by atoms with Crippen LogP contribution in [0, 0.1) is 0 Å². The van der Waals surface area contributed by atoms with Crippen molar-refractivity contribution in [3.8, 4) is 0 Å². The molecule has 0 saturated heterocycles. The number of benzene rings is 1. The molecule has 0 aliphatic carbocycles. The Morgan fingerprint density at radius 1 is 1.00 bits per heavy atom. The van der Waals surface area contributed by atoms with Crippen LogP contribution in [-0.4, -0.2) is 18.4 Å². The SMILES string of the molecule is CC(C)c1ccc(/C=[CH]\[Sn]([CH3])([CH3])[CH3])cc1. The summed E-state index contributed by atoms with van der Waals surface area (Å²) in [5, 5.41) is 0. The molecule has 0 unspecified atom stereocenters. The fraction of sp³-hybridized carbons (Fsp3) is 0.429. The van der Waals surface area contributed by atoms with Crippen LogP contribution in [0.15, 0.2) is 28.4 Å². The van der Waals surface area contributed by atoms with Gasteiger partial charge in [0.1, 0.15) is 0 Å². The fourth-order valence-corrected chi connectivity index (χ4v) is 3.31. The monoisotopic (exact) mass is 310 g/mol. The molecule has 0 N–H and O–H groups in total. The van der Waals surface area contributed by atoms with Gasteiger partial charge in [-0.15, -0.1) is 0 Å². The zero-order chi connectivity index (χ0) is 11.5. The van der Waals surface area contributed by atoms with Crippen molar-refractivity contribution in [3.63, 3.8) is 0 Å². The molecule has 0 radical (unpaired) electrons. The van der Waals surface area contributed by atoms with Crippen LogP contribution < -0.4 is 0 Å². The molecule has 0 spiro atoms. The van der Waals surface area contributed by atoms with E-state index in [9.17, 15) is 0 Å². The summed E-state index contributed by atoms with van der Waals surface area (Å²) in [5.74, 6) is 0.629. The minimum absolute atomic E-state index is 0.629. The van der Waals surface area contributed by atoms with Gasteiger partial charge in [-0.3, -0.25) is 0 Å². The van der Waals surface area contributed by atoms with Crippen LogP contribution in [0.25, 0.3) is 6.08 Å². The molecule has 1 aromatic carbocycles. The van der Waals surface area contributed by atoms with Gasteiger partial charge in [0.2, 0.25) is 0 Å². The second-order valence-corrected chi connectivity index (χ2v) is 20.0. The molecule has 0 aliphatic rings. The first-order valence-electron chi connectivity index (χ1n) is 5.68. The van der Waals surface area contributed by atoms with Gasteiger partial charge < -0.3 is 0 Å². The summed E-state index contributed by atoms with van der Waals surface area (Å²) < 4.78 is 2.46. The molecule has 0 bridgehead atoms. The van der Waals surface area contributed by atoms with E-state index in [0.717, 1.165) is 0 Å². The van der Waals surface area contributed by atoms with E-state index in [1.165, 1.54) is 11.1 Å². The van der Waals surface area contributed by atoms with E-state index < -0.39 is 18.4 Å². The summed E-state index contributed by atoms with van der Waals surface area (Å²) >= 11 is -1.73. The van der Waals surface area contributed by atoms with Crippen LogP contribution in [0.4, 0.5) is 0 Å². The quantitative estimate of drug-likeness (QED) is 0.710. The summed E-state index contributed by atoms with van der Waals surface area (Å²) in [4.78, 5) is 7.27. The van der Waals surface area contributed by atoms with Gasteiger partial charge in [0.25, 0.3) is 0 Å². The van der Waals surface area contributed by atoms with Crippen LogP contribution in [0.1, 0.15) is 30.9 Å². The molecule has 1 aromatic rings. The third kappa shape index (κ3) is 4.87. The van der Waals surface area contributed by atoms with Crippen molar-refractivity contribution in [2.75, 3.05) is 0 Å². The maximum atomic E-state index is 2.46. The summed E-state index contributed by atoms with van der Waals surface area (Å²) in [6.07, 6.45) is 2.29. The first-order valence-corrected chi connectivity index (χ1v) is 15.9. The number of hydrogen-bond acceptors (Lipinski definition) is 0. The Kier molecular flexibility index (Phi) is 4.44. The average Bonchev–Trinajstić information content (AvgIpc) is 2.14. The Morgan fingerprint density at radius 2 is 1.53 bits per heavy atom. The van der Waals surface area contributed by atoms with Crippen molar-refractivity contribution in [3.05, 3.63) is 39.5 Å². The van der Waals surface area contributed by atoms with E-state index in [1.54, 1.807) is 0 Å². The Labute approximate surface area is 98.3 Å². The summed E-state index contributed by atoms with van der Waals surface area (Å²) in [5.41, 5.74) is 2.76. The molecule has 0 nitrogen and oxygen atoms in total. The van der Waals surface area contributed by atoms with Crippen molar-refractivity contribution < 1.29 is 0 Å². The Hall–Kier alpha value is -0.241. The van der Waals surface area contributed by atoms with Gasteiger partial charge >= 0.3 is 98.5 Å². The Bertz CT molecular complexity index is 325. The standard InChI is InChI=1S/C11H13.3CH3.Sn/c1-4-10-5-7-11(8-6-10)9(2)3;;;;/h1,4-9H,2-3H3;3*1H3;. The minimum atomic E-state index is -1.73. The first-order chi connectivity index (χ1) is 6.88. The fourth-order valence-electron chi connectivity index (χ4n) is 1.34. The molecular formula is C14H22Sn. The maximum absolute atomic E-state index is 2.46. The van der Waals surface area contributed by atoms with E-state index in [-0.39, 0.29) is 0 Å². The van der Waals surface area contributed by atoms with Gasteiger partial charge in [-0.1, -0.05) is 0 Å². The van der Waals surface area contributed by atoms with E-state index >= 15 is 0 Å². The van der Waals surface area contributed by atoms with Crippen molar-refractivity contribution >= 4 is 24.5 Å². The van der Waals surface area contributed by atoms with Crippen LogP contribution in [0.2, 0.25) is 14.8 Å². The molecule has 0 aliphatic heterocycles. The average molecular weight is 309 g/mol. The molecule has 0 saturated carbocycles. The van der Waals surface area contributed by atoms with Crippen LogP contribution >= 0.6 is 0 Å². The van der Waals surface area contributed by atoms with E-state index in [2.05, 4.69) is 63.1 Å². The van der Waals surface area contributed by atoms with Crippen LogP contribution in [0.3, 0.4) is 0 Å². The summed E-state index contributed by atoms with van der Waals surface area (Å²) in [6.45, 7) is 4.47. The molecule has 0 heterocycles. The third-order valence-electron chi connectivity index (χ3n) is 2.38. The number of hydrogen-bond donors (Lipinski definition) is 0. The molecule has 0 aromatic heterocycles. The molecule has 15 heavy (non-hydrogen) atoms. The zero-order valence-corrected chi connectivity index (χ0v) is 13.4. The molecule has 0 fully saturated rings. The van der Waals surface area contributed by atoms with Gasteiger partial charge in [-0.05, 0) is 0 Å². The Morgan fingerprint density at radius 3 is 1.93 bits per heavy atom. The van der Waals surface area contributed by atoms with Crippen molar-refractivity contribution in [1.29, 1.82) is 0 Å². The second-order valence-electron chi connectivity index (χ2n) is 5.52. The van der Waals surface area contributed by atoms with Crippen molar-refractivity contribution in [1.82, 2.24) is 0 Å². The van der Waals surface area contributed by atoms with Gasteiger partial charge in [0.15, 0.2) is 0 Å². The van der Waals surface area contributed by atoms with E-state index in [4.69, 9.17) is 0 Å². The van der Waals surface area contributed by atoms with Crippen molar-refractivity contribution in [2.45, 2.75) is 34.6 Å². The van der Waals surface area contributed by atoms with Crippen LogP contribution in [-0.2, 0) is 0 Å². The molecule has 1 heteroatoms. The molecule has 82 valence electrons. The summed E-state index contributed by atoms with van der Waals surface area (Å²) in [6, 6.07) is 8.93. The van der Waals surface area contributed by atoms with E-state index in [0.29, 0.717) is 5.92 Å². The molecular weight excluding hydrogens is 287 g/mol. The zero-order valence-electron chi connectivity index (χ0n) is 10.5. The first kappa shape index (κ1) is 12.8. The molecule has 0 atom stereocenters. The van der Waals surface area contributed by atoms with Gasteiger partial charge in [0.05, 0.1) is 0 Å². The van der Waals surface area contributed by atoms with E-state index in [1.807, 2.05) is 0 Å².